The fourth-order valence-corrected chi connectivity index (χ4v) is 2.78. The Morgan fingerprint density at radius 1 is 1.10 bits per heavy atom. The van der Waals surface area contributed by atoms with E-state index in [0.29, 0.717) is 11.3 Å². The van der Waals surface area contributed by atoms with Crippen LogP contribution in [0, 0.1) is 0 Å². The lowest BCUT2D eigenvalue weighted by atomic mass is 10.1. The zero-order valence-corrected chi connectivity index (χ0v) is 14.9. The van der Waals surface area contributed by atoms with Crippen molar-refractivity contribution in [2.45, 2.75) is 25.2 Å². The van der Waals surface area contributed by atoms with Crippen molar-refractivity contribution < 1.29 is 32.3 Å². The van der Waals surface area contributed by atoms with Crippen LogP contribution >= 0.6 is 0 Å². The number of carbonyl (C=O) groups excluding carboxylic acids is 3. The molecule has 0 aliphatic carbocycles. The van der Waals surface area contributed by atoms with E-state index in [9.17, 15) is 27.6 Å². The molecular weight excluding hydrogens is 391 g/mol. The van der Waals surface area contributed by atoms with E-state index in [2.05, 4.69) is 20.7 Å². The van der Waals surface area contributed by atoms with Gasteiger partial charge in [0.15, 0.2) is 0 Å². The molecule has 0 bridgehead atoms. The maximum atomic E-state index is 12.3. The lowest BCUT2D eigenvalue weighted by molar-refractivity contribution is -0.274. The predicted octanol–water partition coefficient (Wildman–Crippen LogP) is 3.05. The van der Waals surface area contributed by atoms with Crippen molar-refractivity contribution in [3.8, 4) is 5.75 Å². The number of para-hydroxylation sites is 1. The Morgan fingerprint density at radius 2 is 1.86 bits per heavy atom. The summed E-state index contributed by atoms with van der Waals surface area (Å²) in [6.07, 6.45) is -4.97. The van der Waals surface area contributed by atoms with Crippen LogP contribution in [-0.4, -0.2) is 30.1 Å². The van der Waals surface area contributed by atoms with Crippen LogP contribution in [0.15, 0.2) is 48.5 Å². The Hall–Kier alpha value is -3.56. The molecule has 2 aromatic carbocycles. The van der Waals surface area contributed by atoms with Gasteiger partial charge in [-0.2, -0.15) is 0 Å². The molecule has 3 amide bonds. The summed E-state index contributed by atoms with van der Waals surface area (Å²) in [7, 11) is 0. The van der Waals surface area contributed by atoms with E-state index in [1.807, 2.05) is 0 Å². The van der Waals surface area contributed by atoms with Crippen molar-refractivity contribution in [3.05, 3.63) is 54.1 Å². The quantitative estimate of drug-likeness (QED) is 0.710. The Balaban J connectivity index is 1.58. The van der Waals surface area contributed by atoms with Gasteiger partial charge in [0.1, 0.15) is 11.8 Å². The zero-order chi connectivity index (χ0) is 21.0. The molecule has 1 aliphatic rings. The van der Waals surface area contributed by atoms with Crippen LogP contribution in [0.1, 0.15) is 23.2 Å². The standard InChI is InChI=1S/C19H16F3N3O4/c20-19(21,22)29-12-5-3-4-11(10-12)23-16(26)9-8-15-18(28)24-14-7-2-1-6-13(14)17(27)25-15/h1-7,10,15H,8-9H2,(H,23,26)(H,24,28)(H,25,27)/t15-/m1/s1. The van der Waals surface area contributed by atoms with Crippen LogP contribution in [-0.2, 0) is 9.59 Å². The number of hydrogen-bond donors (Lipinski definition) is 3. The number of hydrogen-bond acceptors (Lipinski definition) is 4. The summed E-state index contributed by atoms with van der Waals surface area (Å²) >= 11 is 0. The maximum absolute atomic E-state index is 12.3. The number of ether oxygens (including phenoxy) is 1. The van der Waals surface area contributed by atoms with E-state index in [0.717, 1.165) is 12.1 Å². The molecule has 10 heteroatoms. The second-order valence-corrected chi connectivity index (χ2v) is 6.22. The first kappa shape index (κ1) is 20.2. The summed E-state index contributed by atoms with van der Waals surface area (Å²) in [5, 5.41) is 7.63. The van der Waals surface area contributed by atoms with Gasteiger partial charge in [0.25, 0.3) is 5.91 Å². The molecule has 0 spiro atoms. The molecule has 0 unspecified atom stereocenters. The molecule has 29 heavy (non-hydrogen) atoms. The second-order valence-electron chi connectivity index (χ2n) is 6.22. The van der Waals surface area contributed by atoms with E-state index >= 15 is 0 Å². The lowest BCUT2D eigenvalue weighted by Crippen LogP contribution is -2.41. The Morgan fingerprint density at radius 3 is 2.62 bits per heavy atom. The molecule has 0 aromatic heterocycles. The molecule has 0 saturated carbocycles. The first-order valence-electron chi connectivity index (χ1n) is 8.58. The molecule has 1 atom stereocenters. The highest BCUT2D eigenvalue weighted by atomic mass is 19.4. The van der Waals surface area contributed by atoms with Crippen LogP contribution in [0.25, 0.3) is 0 Å². The van der Waals surface area contributed by atoms with Gasteiger partial charge in [0, 0.05) is 18.2 Å². The minimum atomic E-state index is -4.84. The Labute approximate surface area is 163 Å². The van der Waals surface area contributed by atoms with Crippen molar-refractivity contribution in [2.75, 3.05) is 10.6 Å². The van der Waals surface area contributed by atoms with Crippen LogP contribution in [0.5, 0.6) is 5.75 Å². The fourth-order valence-electron chi connectivity index (χ4n) is 2.78. The molecule has 7 nitrogen and oxygen atoms in total. The molecule has 2 aromatic rings. The van der Waals surface area contributed by atoms with Crippen LogP contribution < -0.4 is 20.7 Å². The highest BCUT2D eigenvalue weighted by Gasteiger charge is 2.31. The summed E-state index contributed by atoms with van der Waals surface area (Å²) in [4.78, 5) is 36.7. The summed E-state index contributed by atoms with van der Waals surface area (Å²) < 4.78 is 40.6. The van der Waals surface area contributed by atoms with Gasteiger partial charge >= 0.3 is 6.36 Å². The summed E-state index contributed by atoms with van der Waals surface area (Å²) in [6.45, 7) is 0. The number of halogens is 3. The molecular formula is C19H16F3N3O4. The van der Waals surface area contributed by atoms with E-state index < -0.39 is 35.9 Å². The highest BCUT2D eigenvalue weighted by molar-refractivity contribution is 6.09. The van der Waals surface area contributed by atoms with Gasteiger partial charge in [-0.1, -0.05) is 18.2 Å². The predicted molar refractivity (Wildman–Crippen MR) is 97.3 cm³/mol. The van der Waals surface area contributed by atoms with Crippen molar-refractivity contribution in [2.24, 2.45) is 0 Å². The lowest BCUT2D eigenvalue weighted by Gasteiger charge is -2.14. The molecule has 0 saturated heterocycles. The normalized spacial score (nSPS) is 16.2. The van der Waals surface area contributed by atoms with Gasteiger partial charge in [-0.3, -0.25) is 14.4 Å². The van der Waals surface area contributed by atoms with Gasteiger partial charge in [-0.25, -0.2) is 0 Å². The molecule has 1 aliphatic heterocycles. The van der Waals surface area contributed by atoms with E-state index in [4.69, 9.17) is 0 Å². The molecule has 0 fully saturated rings. The fraction of sp³-hybridized carbons (Fsp3) is 0.211. The third-order valence-electron chi connectivity index (χ3n) is 4.06. The molecule has 0 radical (unpaired) electrons. The van der Waals surface area contributed by atoms with Gasteiger partial charge in [-0.15, -0.1) is 13.2 Å². The number of alkyl halides is 3. The minimum Gasteiger partial charge on any atom is -0.406 e. The van der Waals surface area contributed by atoms with E-state index in [1.165, 1.54) is 12.1 Å². The van der Waals surface area contributed by atoms with Gasteiger partial charge in [-0.05, 0) is 30.7 Å². The Bertz CT molecular complexity index is 946. The number of rotatable bonds is 5. The maximum Gasteiger partial charge on any atom is 0.573 e. The molecule has 3 N–H and O–H groups in total. The monoisotopic (exact) mass is 407 g/mol. The largest absolute Gasteiger partial charge is 0.573 e. The third-order valence-corrected chi connectivity index (χ3v) is 4.06. The number of carbonyl (C=O) groups is 3. The van der Waals surface area contributed by atoms with E-state index in [-0.39, 0.29) is 18.5 Å². The SMILES string of the molecule is O=C(CC[C@H]1NC(=O)c2ccccc2NC1=O)Nc1cccc(OC(F)(F)F)c1. The number of amides is 3. The number of benzene rings is 2. The summed E-state index contributed by atoms with van der Waals surface area (Å²) in [6, 6.07) is 10.4. The van der Waals surface area contributed by atoms with Crippen molar-refractivity contribution in [1.82, 2.24) is 5.32 Å². The van der Waals surface area contributed by atoms with Gasteiger partial charge in [0.2, 0.25) is 11.8 Å². The van der Waals surface area contributed by atoms with E-state index in [1.54, 1.807) is 24.3 Å². The van der Waals surface area contributed by atoms with Crippen molar-refractivity contribution >= 4 is 29.1 Å². The highest BCUT2D eigenvalue weighted by Crippen LogP contribution is 2.25. The number of anilines is 2. The first-order chi connectivity index (χ1) is 13.7. The summed E-state index contributed by atoms with van der Waals surface area (Å²) in [5.41, 5.74) is 0.802. The summed E-state index contributed by atoms with van der Waals surface area (Å²) in [5.74, 6) is -1.90. The average molecular weight is 407 g/mol. The number of nitrogens with one attached hydrogen (secondary N) is 3. The molecule has 1 heterocycles. The van der Waals surface area contributed by atoms with Crippen molar-refractivity contribution in [3.63, 3.8) is 0 Å². The number of fused-ring (bicyclic) bond motifs is 1. The third kappa shape index (κ3) is 5.47. The van der Waals surface area contributed by atoms with Crippen LogP contribution in [0.4, 0.5) is 24.5 Å². The van der Waals surface area contributed by atoms with Crippen molar-refractivity contribution in [1.29, 1.82) is 0 Å². The topological polar surface area (TPSA) is 96.5 Å². The van der Waals surface area contributed by atoms with Crippen LogP contribution in [0.3, 0.4) is 0 Å². The minimum absolute atomic E-state index is 0.0101. The molecule has 3 rings (SSSR count). The smallest absolute Gasteiger partial charge is 0.406 e. The van der Waals surface area contributed by atoms with Gasteiger partial charge in [0.05, 0.1) is 11.3 Å². The average Bonchev–Trinajstić information content (AvgIpc) is 2.75. The van der Waals surface area contributed by atoms with Gasteiger partial charge < -0.3 is 20.7 Å². The van der Waals surface area contributed by atoms with Crippen LogP contribution in [0.2, 0.25) is 0 Å². The zero-order valence-electron chi connectivity index (χ0n) is 14.9. The first-order valence-corrected chi connectivity index (χ1v) is 8.58. The second kappa shape index (κ2) is 8.21. The molecule has 152 valence electrons. The Kier molecular flexibility index (Phi) is 5.71.